The van der Waals surface area contributed by atoms with Crippen LogP contribution in [0.25, 0.3) is 0 Å². The highest BCUT2D eigenvalue weighted by atomic mass is 16.3. The number of carbonyl (C=O) groups excluding carboxylic acids is 1. The predicted octanol–water partition coefficient (Wildman–Crippen LogP) is 0.410. The number of aliphatic hydroxyl groups excluding tert-OH is 1. The number of nitrogens with one attached hydrogen (secondary N) is 1. The Bertz CT molecular complexity index is 394. The molecule has 18 heavy (non-hydrogen) atoms. The van der Waals surface area contributed by atoms with Gasteiger partial charge in [-0.3, -0.25) is 10.1 Å². The van der Waals surface area contributed by atoms with Crippen LogP contribution in [-0.2, 0) is 11.2 Å². The molecule has 0 spiro atoms. The molecule has 0 aliphatic carbocycles. The van der Waals surface area contributed by atoms with Crippen molar-refractivity contribution >= 4 is 5.91 Å². The van der Waals surface area contributed by atoms with Gasteiger partial charge in [0.2, 0.25) is 5.91 Å². The van der Waals surface area contributed by atoms with Crippen molar-refractivity contribution in [2.24, 2.45) is 0 Å². The lowest BCUT2D eigenvalue weighted by Crippen LogP contribution is -2.60. The van der Waals surface area contributed by atoms with Crippen LogP contribution in [0.5, 0.6) is 0 Å². The lowest BCUT2D eigenvalue weighted by molar-refractivity contribution is -0.137. The Morgan fingerprint density at radius 1 is 1.39 bits per heavy atom. The fourth-order valence-electron chi connectivity index (χ4n) is 2.35. The van der Waals surface area contributed by atoms with Gasteiger partial charge in [0.15, 0.2) is 0 Å². The second-order valence-electron chi connectivity index (χ2n) is 4.82. The van der Waals surface area contributed by atoms with Crippen molar-refractivity contribution in [2.75, 3.05) is 19.7 Å². The van der Waals surface area contributed by atoms with E-state index in [9.17, 15) is 9.90 Å². The van der Waals surface area contributed by atoms with Gasteiger partial charge in [-0.15, -0.1) is 0 Å². The molecular formula is C14H20N2O2. The van der Waals surface area contributed by atoms with Crippen molar-refractivity contribution in [1.29, 1.82) is 0 Å². The van der Waals surface area contributed by atoms with E-state index in [4.69, 9.17) is 0 Å². The Kier molecular flexibility index (Phi) is 4.33. The molecule has 1 aliphatic heterocycles. The molecule has 1 aromatic rings. The zero-order valence-electron chi connectivity index (χ0n) is 10.7. The van der Waals surface area contributed by atoms with Crippen LogP contribution in [0.2, 0.25) is 0 Å². The van der Waals surface area contributed by atoms with Crippen molar-refractivity contribution in [3.05, 3.63) is 35.9 Å². The SMILES string of the molecule is CC1CN(CCc2ccccc2)C(=O)C(CO)N1. The molecule has 4 heteroatoms. The molecule has 1 saturated heterocycles. The van der Waals surface area contributed by atoms with Crippen LogP contribution in [0.3, 0.4) is 0 Å². The number of rotatable bonds is 4. The van der Waals surface area contributed by atoms with Gasteiger partial charge in [-0.1, -0.05) is 30.3 Å². The maximum absolute atomic E-state index is 12.0. The van der Waals surface area contributed by atoms with Crippen molar-refractivity contribution in [1.82, 2.24) is 10.2 Å². The van der Waals surface area contributed by atoms with Crippen LogP contribution in [0.4, 0.5) is 0 Å². The van der Waals surface area contributed by atoms with Gasteiger partial charge >= 0.3 is 0 Å². The maximum Gasteiger partial charge on any atom is 0.242 e. The molecule has 98 valence electrons. The van der Waals surface area contributed by atoms with E-state index in [1.807, 2.05) is 30.0 Å². The average Bonchev–Trinajstić information content (AvgIpc) is 2.40. The minimum Gasteiger partial charge on any atom is -0.394 e. The van der Waals surface area contributed by atoms with E-state index in [0.717, 1.165) is 6.42 Å². The molecule has 2 rings (SSSR count). The molecule has 2 N–H and O–H groups in total. The van der Waals surface area contributed by atoms with Gasteiger partial charge in [0.05, 0.1) is 6.61 Å². The van der Waals surface area contributed by atoms with E-state index in [-0.39, 0.29) is 18.6 Å². The zero-order valence-corrected chi connectivity index (χ0v) is 10.7. The van der Waals surface area contributed by atoms with Crippen LogP contribution >= 0.6 is 0 Å². The molecule has 1 amide bonds. The molecule has 0 aromatic heterocycles. The number of carbonyl (C=O) groups is 1. The van der Waals surface area contributed by atoms with Gasteiger partial charge in [0.1, 0.15) is 6.04 Å². The first-order valence-electron chi connectivity index (χ1n) is 6.40. The van der Waals surface area contributed by atoms with E-state index in [1.165, 1.54) is 5.56 Å². The molecule has 0 saturated carbocycles. The number of benzene rings is 1. The Balaban J connectivity index is 1.93. The highest BCUT2D eigenvalue weighted by molar-refractivity contribution is 5.83. The Morgan fingerprint density at radius 2 is 2.11 bits per heavy atom. The molecule has 1 heterocycles. The van der Waals surface area contributed by atoms with Crippen molar-refractivity contribution in [3.8, 4) is 0 Å². The number of piperazine rings is 1. The first-order chi connectivity index (χ1) is 8.70. The van der Waals surface area contributed by atoms with E-state index >= 15 is 0 Å². The molecule has 2 atom stereocenters. The van der Waals surface area contributed by atoms with Gasteiger partial charge in [-0.05, 0) is 18.9 Å². The van der Waals surface area contributed by atoms with E-state index in [0.29, 0.717) is 13.1 Å². The Morgan fingerprint density at radius 3 is 2.78 bits per heavy atom. The summed E-state index contributed by atoms with van der Waals surface area (Å²) >= 11 is 0. The molecule has 4 nitrogen and oxygen atoms in total. The number of nitrogens with zero attached hydrogens (tertiary/aromatic N) is 1. The lowest BCUT2D eigenvalue weighted by atomic mass is 10.1. The summed E-state index contributed by atoms with van der Waals surface area (Å²) in [7, 11) is 0. The van der Waals surface area contributed by atoms with Gasteiger partial charge in [-0.2, -0.15) is 0 Å². The third kappa shape index (κ3) is 3.09. The largest absolute Gasteiger partial charge is 0.394 e. The van der Waals surface area contributed by atoms with Gasteiger partial charge < -0.3 is 10.0 Å². The van der Waals surface area contributed by atoms with Crippen LogP contribution in [0, 0.1) is 0 Å². The van der Waals surface area contributed by atoms with Gasteiger partial charge in [0, 0.05) is 19.1 Å². The second-order valence-corrected chi connectivity index (χ2v) is 4.82. The Hall–Kier alpha value is -1.39. The summed E-state index contributed by atoms with van der Waals surface area (Å²) < 4.78 is 0. The van der Waals surface area contributed by atoms with Crippen LogP contribution in [-0.4, -0.2) is 47.7 Å². The molecule has 1 aliphatic rings. The minimum atomic E-state index is -0.440. The van der Waals surface area contributed by atoms with E-state index in [1.54, 1.807) is 0 Å². The summed E-state index contributed by atoms with van der Waals surface area (Å²) in [4.78, 5) is 13.9. The van der Waals surface area contributed by atoms with Crippen LogP contribution in [0.15, 0.2) is 30.3 Å². The Labute approximate surface area is 108 Å². The third-order valence-electron chi connectivity index (χ3n) is 3.29. The first-order valence-corrected chi connectivity index (χ1v) is 6.40. The summed E-state index contributed by atoms with van der Waals surface area (Å²) in [5.41, 5.74) is 1.23. The first kappa shape index (κ1) is 13.1. The lowest BCUT2D eigenvalue weighted by Gasteiger charge is -2.36. The normalized spacial score (nSPS) is 24.3. The molecule has 2 unspecified atom stereocenters. The van der Waals surface area contributed by atoms with Gasteiger partial charge in [0.25, 0.3) is 0 Å². The van der Waals surface area contributed by atoms with Gasteiger partial charge in [-0.25, -0.2) is 0 Å². The maximum atomic E-state index is 12.0. The fraction of sp³-hybridized carbons (Fsp3) is 0.500. The average molecular weight is 248 g/mol. The fourth-order valence-corrected chi connectivity index (χ4v) is 2.35. The second kappa shape index (κ2) is 5.98. The third-order valence-corrected chi connectivity index (χ3v) is 3.29. The quantitative estimate of drug-likeness (QED) is 0.811. The summed E-state index contributed by atoms with van der Waals surface area (Å²) in [5.74, 6) is 0.00605. The summed E-state index contributed by atoms with van der Waals surface area (Å²) in [6, 6.07) is 9.94. The number of aliphatic hydroxyl groups is 1. The smallest absolute Gasteiger partial charge is 0.242 e. The summed E-state index contributed by atoms with van der Waals surface area (Å²) in [6.45, 7) is 3.32. The molecule has 0 radical (unpaired) electrons. The number of hydrogen-bond acceptors (Lipinski definition) is 3. The van der Waals surface area contributed by atoms with E-state index in [2.05, 4.69) is 17.4 Å². The molecular weight excluding hydrogens is 228 g/mol. The monoisotopic (exact) mass is 248 g/mol. The minimum absolute atomic E-state index is 0.00605. The highest BCUT2D eigenvalue weighted by Crippen LogP contribution is 2.08. The van der Waals surface area contributed by atoms with Crippen molar-refractivity contribution in [2.45, 2.75) is 25.4 Å². The molecule has 1 fully saturated rings. The topological polar surface area (TPSA) is 52.6 Å². The predicted molar refractivity (Wildman–Crippen MR) is 70.2 cm³/mol. The molecule has 1 aromatic carbocycles. The van der Waals surface area contributed by atoms with Crippen LogP contribution in [0.1, 0.15) is 12.5 Å². The zero-order chi connectivity index (χ0) is 13.0. The number of hydrogen-bond donors (Lipinski definition) is 2. The number of amides is 1. The van der Waals surface area contributed by atoms with E-state index < -0.39 is 6.04 Å². The summed E-state index contributed by atoms with van der Waals surface area (Å²) in [6.07, 6.45) is 0.859. The standard InChI is InChI=1S/C14H20N2O2/c1-11-9-16(14(18)13(10-17)15-11)8-7-12-5-3-2-4-6-12/h2-6,11,13,15,17H,7-10H2,1H3. The van der Waals surface area contributed by atoms with Crippen molar-refractivity contribution < 1.29 is 9.90 Å². The summed E-state index contributed by atoms with van der Waals surface area (Å²) in [5, 5.41) is 12.3. The van der Waals surface area contributed by atoms with Crippen molar-refractivity contribution in [3.63, 3.8) is 0 Å². The highest BCUT2D eigenvalue weighted by Gasteiger charge is 2.30. The van der Waals surface area contributed by atoms with Crippen LogP contribution < -0.4 is 5.32 Å². The molecule has 0 bridgehead atoms.